The van der Waals surface area contributed by atoms with Crippen molar-refractivity contribution in [2.24, 2.45) is 0 Å². The topological polar surface area (TPSA) is 70.2 Å². The van der Waals surface area contributed by atoms with Crippen molar-refractivity contribution in [1.29, 1.82) is 0 Å². The molecule has 2 heterocycles. The van der Waals surface area contributed by atoms with Gasteiger partial charge in [-0.05, 0) is 92.8 Å². The summed E-state index contributed by atoms with van der Waals surface area (Å²) in [6.07, 6.45) is 6.94. The normalized spacial score (nSPS) is 17.2. The van der Waals surface area contributed by atoms with Crippen LogP contribution in [0.4, 0.5) is 10.5 Å². The van der Waals surface area contributed by atoms with Gasteiger partial charge in [0, 0.05) is 31.9 Å². The van der Waals surface area contributed by atoms with Gasteiger partial charge >= 0.3 is 0 Å². The average molecular weight is 713 g/mol. The van der Waals surface area contributed by atoms with Crippen molar-refractivity contribution in [3.8, 4) is 18.1 Å². The molecule has 2 saturated heterocycles. The molecule has 0 saturated carbocycles. The summed E-state index contributed by atoms with van der Waals surface area (Å²) in [5, 5.41) is -0.434. The second kappa shape index (κ2) is 11.7. The van der Waals surface area contributed by atoms with Crippen LogP contribution in [-0.4, -0.2) is 66.2 Å². The largest absolute Gasteiger partial charge is 0.479 e. The minimum Gasteiger partial charge on any atom is -0.479 e. The SMILES string of the molecule is C#CCOc1c(I)cc(/C=C2\SC(=O)N(CC(=O)N3CCN(c4ccccc4)CC3)C2=O)cc1I. The van der Waals surface area contributed by atoms with E-state index in [-0.39, 0.29) is 19.1 Å². The fourth-order valence-corrected chi connectivity index (χ4v) is 6.76. The predicted octanol–water partition coefficient (Wildman–Crippen LogP) is 4.29. The molecular weight excluding hydrogens is 692 g/mol. The lowest BCUT2D eigenvalue weighted by Gasteiger charge is -2.36. The number of rotatable bonds is 6. The molecule has 4 rings (SSSR count). The van der Waals surface area contributed by atoms with Crippen molar-refractivity contribution >= 4 is 85.8 Å². The van der Waals surface area contributed by atoms with Crippen molar-refractivity contribution in [3.05, 3.63) is 60.1 Å². The zero-order valence-corrected chi connectivity index (χ0v) is 23.7. The van der Waals surface area contributed by atoms with Crippen LogP contribution in [0.3, 0.4) is 0 Å². The minimum absolute atomic E-state index is 0.166. The van der Waals surface area contributed by atoms with Crippen molar-refractivity contribution in [1.82, 2.24) is 9.80 Å². The lowest BCUT2D eigenvalue weighted by Crippen LogP contribution is -2.51. The number of hydrogen-bond donors (Lipinski definition) is 0. The highest BCUT2D eigenvalue weighted by Crippen LogP contribution is 2.35. The number of benzene rings is 2. The maximum atomic E-state index is 12.9. The number of piperazine rings is 1. The molecule has 0 N–H and O–H groups in total. The number of amides is 3. The molecule has 2 fully saturated rings. The predicted molar refractivity (Wildman–Crippen MR) is 154 cm³/mol. The van der Waals surface area contributed by atoms with E-state index in [4.69, 9.17) is 11.2 Å². The zero-order chi connectivity index (χ0) is 24.9. The van der Waals surface area contributed by atoms with Crippen molar-refractivity contribution < 1.29 is 19.1 Å². The first-order chi connectivity index (χ1) is 16.9. The Hall–Kier alpha value is -2.24. The van der Waals surface area contributed by atoms with Crippen LogP contribution in [0.1, 0.15) is 5.56 Å². The van der Waals surface area contributed by atoms with Crippen molar-refractivity contribution in [3.63, 3.8) is 0 Å². The smallest absolute Gasteiger partial charge is 0.294 e. The molecule has 0 spiro atoms. The van der Waals surface area contributed by atoms with Crippen LogP contribution in [0, 0.1) is 19.5 Å². The van der Waals surface area contributed by atoms with Gasteiger partial charge in [-0.15, -0.1) is 6.42 Å². The first-order valence-corrected chi connectivity index (χ1v) is 13.7. The van der Waals surface area contributed by atoms with Gasteiger partial charge in [0.25, 0.3) is 11.1 Å². The summed E-state index contributed by atoms with van der Waals surface area (Å²) < 4.78 is 7.27. The molecule has 3 amide bonds. The van der Waals surface area contributed by atoms with E-state index in [1.165, 1.54) is 0 Å². The molecular formula is C25H21I2N3O4S. The summed E-state index contributed by atoms with van der Waals surface area (Å²) in [5.41, 5.74) is 1.89. The molecule has 7 nitrogen and oxygen atoms in total. The molecule has 0 aromatic heterocycles. The molecule has 0 aliphatic carbocycles. The summed E-state index contributed by atoms with van der Waals surface area (Å²) in [6, 6.07) is 13.8. The Balaban J connectivity index is 1.39. The molecule has 35 heavy (non-hydrogen) atoms. The fourth-order valence-electron chi connectivity index (χ4n) is 3.79. The van der Waals surface area contributed by atoms with E-state index in [2.05, 4.69) is 56.0 Å². The number of terminal acetylenes is 1. The number of imide groups is 1. The third-order valence-corrected chi connectivity index (χ3v) is 8.05. The van der Waals surface area contributed by atoms with Crippen LogP contribution in [0.5, 0.6) is 5.75 Å². The standard InChI is InChI=1S/C25H21I2N3O4S/c1-2-12-34-23-19(26)13-17(14-20(23)27)15-21-24(32)30(25(33)35-21)16-22(31)29-10-8-28(9-11-29)18-6-4-3-5-7-18/h1,3-7,13-15H,8-12,16H2/b21-15-. The lowest BCUT2D eigenvalue weighted by atomic mass is 10.2. The number of hydrogen-bond acceptors (Lipinski definition) is 6. The lowest BCUT2D eigenvalue weighted by molar-refractivity contribution is -0.136. The molecule has 0 radical (unpaired) electrons. The number of nitrogens with zero attached hydrogens (tertiary/aromatic N) is 3. The first kappa shape index (κ1) is 25.8. The Bertz CT molecular complexity index is 1200. The van der Waals surface area contributed by atoms with Crippen LogP contribution in [0.25, 0.3) is 6.08 Å². The monoisotopic (exact) mass is 713 g/mol. The molecule has 2 aromatic carbocycles. The van der Waals surface area contributed by atoms with Gasteiger partial charge in [-0.2, -0.15) is 0 Å². The number of carbonyl (C=O) groups is 3. The Morgan fingerprint density at radius 3 is 2.37 bits per heavy atom. The van der Waals surface area contributed by atoms with Crippen LogP contribution in [0.15, 0.2) is 47.4 Å². The summed E-state index contributed by atoms with van der Waals surface area (Å²) in [6.45, 7) is 2.42. The number of para-hydroxylation sites is 1. The molecule has 0 unspecified atom stereocenters. The Kier molecular flexibility index (Phi) is 8.61. The average Bonchev–Trinajstić information content (AvgIpc) is 3.11. The zero-order valence-electron chi connectivity index (χ0n) is 18.6. The molecule has 0 atom stereocenters. The Morgan fingerprint density at radius 1 is 1.09 bits per heavy atom. The van der Waals surface area contributed by atoms with Gasteiger partial charge in [-0.25, -0.2) is 0 Å². The number of halogens is 2. The number of thioether (sulfide) groups is 1. The second-order valence-electron chi connectivity index (χ2n) is 7.78. The fraction of sp³-hybridized carbons (Fsp3) is 0.240. The van der Waals surface area contributed by atoms with E-state index in [1.54, 1.807) is 11.0 Å². The van der Waals surface area contributed by atoms with Gasteiger partial charge in [0.05, 0.1) is 12.0 Å². The molecule has 2 aliphatic rings. The second-order valence-corrected chi connectivity index (χ2v) is 11.1. The highest BCUT2D eigenvalue weighted by molar-refractivity contribution is 14.1. The van der Waals surface area contributed by atoms with E-state index in [0.29, 0.717) is 36.8 Å². The van der Waals surface area contributed by atoms with Crippen LogP contribution in [-0.2, 0) is 9.59 Å². The maximum absolute atomic E-state index is 12.9. The summed E-state index contributed by atoms with van der Waals surface area (Å²) in [5.74, 6) is 2.46. The summed E-state index contributed by atoms with van der Waals surface area (Å²) in [7, 11) is 0. The molecule has 180 valence electrons. The highest BCUT2D eigenvalue weighted by atomic mass is 127. The quantitative estimate of drug-likeness (QED) is 0.253. The van der Waals surface area contributed by atoms with Crippen LogP contribution >= 0.6 is 56.9 Å². The van der Waals surface area contributed by atoms with Crippen LogP contribution < -0.4 is 9.64 Å². The van der Waals surface area contributed by atoms with Gasteiger partial charge < -0.3 is 14.5 Å². The van der Waals surface area contributed by atoms with E-state index >= 15 is 0 Å². The highest BCUT2D eigenvalue weighted by Gasteiger charge is 2.37. The van der Waals surface area contributed by atoms with Gasteiger partial charge in [0.2, 0.25) is 5.91 Å². The number of anilines is 1. The van der Waals surface area contributed by atoms with Gasteiger partial charge in [0.1, 0.15) is 18.9 Å². The summed E-state index contributed by atoms with van der Waals surface area (Å²) >= 11 is 5.14. The van der Waals surface area contributed by atoms with Gasteiger partial charge in [-0.1, -0.05) is 24.1 Å². The van der Waals surface area contributed by atoms with Gasteiger partial charge in [0.15, 0.2) is 0 Å². The van der Waals surface area contributed by atoms with Gasteiger partial charge in [-0.3, -0.25) is 19.3 Å². The maximum Gasteiger partial charge on any atom is 0.294 e. The number of ether oxygens (including phenoxy) is 1. The number of carbonyl (C=O) groups excluding carboxylic acids is 3. The van der Waals surface area contributed by atoms with E-state index in [1.807, 2.05) is 42.5 Å². The van der Waals surface area contributed by atoms with E-state index in [0.717, 1.165) is 35.1 Å². The minimum atomic E-state index is -0.450. The summed E-state index contributed by atoms with van der Waals surface area (Å²) in [4.78, 5) is 43.6. The third-order valence-electron chi connectivity index (χ3n) is 5.54. The molecule has 2 aliphatic heterocycles. The van der Waals surface area contributed by atoms with E-state index in [9.17, 15) is 14.4 Å². The Labute approximate surface area is 235 Å². The third kappa shape index (κ3) is 6.13. The first-order valence-electron chi connectivity index (χ1n) is 10.8. The molecule has 2 aromatic rings. The van der Waals surface area contributed by atoms with Crippen molar-refractivity contribution in [2.45, 2.75) is 0 Å². The molecule has 10 heteroatoms. The molecule has 0 bridgehead atoms. The van der Waals surface area contributed by atoms with Crippen molar-refractivity contribution in [2.75, 3.05) is 44.2 Å². The van der Waals surface area contributed by atoms with Crippen LogP contribution in [0.2, 0.25) is 0 Å². The van der Waals surface area contributed by atoms with E-state index < -0.39 is 11.1 Å². The Morgan fingerprint density at radius 2 is 1.74 bits per heavy atom.